The van der Waals surface area contributed by atoms with Crippen molar-refractivity contribution in [3.8, 4) is 0 Å². The summed E-state index contributed by atoms with van der Waals surface area (Å²) in [6.45, 7) is 4.41. The zero-order chi connectivity index (χ0) is 12.0. The minimum atomic E-state index is 0.255. The average Bonchev–Trinajstić information content (AvgIpc) is 2.26. The molecule has 0 bridgehead atoms. The molecule has 0 heterocycles. The van der Waals surface area contributed by atoms with E-state index >= 15 is 0 Å². The zero-order valence-corrected chi connectivity index (χ0v) is 11.1. The van der Waals surface area contributed by atoms with E-state index in [2.05, 4.69) is 26.0 Å². The second kappa shape index (κ2) is 6.74. The highest BCUT2D eigenvalue weighted by Gasteiger charge is 2.05. The molecule has 0 saturated carbocycles. The molecule has 0 N–H and O–H groups in total. The topological polar surface area (TPSA) is 17.1 Å². The molecular weight excluding hydrogens is 216 g/mol. The van der Waals surface area contributed by atoms with Crippen LogP contribution in [0.25, 0.3) is 0 Å². The Morgan fingerprint density at radius 2 is 1.88 bits per heavy atom. The summed E-state index contributed by atoms with van der Waals surface area (Å²) in [7, 11) is 0. The Bertz CT molecular complexity index is 327. The molecule has 0 aliphatic carbocycles. The van der Waals surface area contributed by atoms with Gasteiger partial charge in [0.15, 0.2) is 5.78 Å². The lowest BCUT2D eigenvalue weighted by atomic mass is 10.0. The fourth-order valence-electron chi connectivity index (χ4n) is 1.64. The summed E-state index contributed by atoms with van der Waals surface area (Å²) in [5, 5.41) is 0. The van der Waals surface area contributed by atoms with Crippen LogP contribution in [-0.2, 0) is 6.42 Å². The fraction of sp³-hybridized carbons (Fsp3) is 0.500. The number of carbonyl (C=O) groups excluding carboxylic acids is 1. The van der Waals surface area contributed by atoms with Crippen LogP contribution in [0.1, 0.15) is 36.2 Å². The number of benzene rings is 1. The van der Waals surface area contributed by atoms with Gasteiger partial charge >= 0.3 is 0 Å². The molecular formula is C14H20OS. The Labute approximate surface area is 103 Å². The Morgan fingerprint density at radius 3 is 2.38 bits per heavy atom. The van der Waals surface area contributed by atoms with Crippen molar-refractivity contribution in [1.29, 1.82) is 0 Å². The lowest BCUT2D eigenvalue weighted by molar-refractivity contribution is 0.0989. The molecule has 0 unspecified atom stereocenters. The van der Waals surface area contributed by atoms with E-state index in [-0.39, 0.29) is 5.78 Å². The predicted octanol–water partition coefficient (Wildman–Crippen LogP) is 3.82. The van der Waals surface area contributed by atoms with Crippen LogP contribution in [0.5, 0.6) is 0 Å². The fourth-order valence-corrected chi connectivity index (χ4v) is 2.03. The van der Waals surface area contributed by atoms with E-state index in [9.17, 15) is 4.79 Å². The molecule has 1 rings (SSSR count). The smallest absolute Gasteiger partial charge is 0.163 e. The maximum Gasteiger partial charge on any atom is 0.163 e. The summed E-state index contributed by atoms with van der Waals surface area (Å²) in [6.07, 6.45) is 3.75. The Balaban J connectivity index is 2.60. The van der Waals surface area contributed by atoms with Gasteiger partial charge in [0.1, 0.15) is 0 Å². The van der Waals surface area contributed by atoms with E-state index in [1.807, 2.05) is 18.4 Å². The highest BCUT2D eigenvalue weighted by molar-refractivity contribution is 7.98. The first-order chi connectivity index (χ1) is 7.63. The Kier molecular flexibility index (Phi) is 5.61. The van der Waals surface area contributed by atoms with Crippen molar-refractivity contribution in [3.05, 3.63) is 35.4 Å². The van der Waals surface area contributed by atoms with Crippen LogP contribution in [0.2, 0.25) is 0 Å². The molecule has 1 aromatic carbocycles. The van der Waals surface area contributed by atoms with Gasteiger partial charge in [-0.25, -0.2) is 0 Å². The largest absolute Gasteiger partial charge is 0.294 e. The van der Waals surface area contributed by atoms with E-state index in [0.717, 1.165) is 17.7 Å². The molecule has 0 saturated heterocycles. The van der Waals surface area contributed by atoms with Gasteiger partial charge < -0.3 is 0 Å². The lowest BCUT2D eigenvalue weighted by Gasteiger charge is -2.05. The van der Waals surface area contributed by atoms with Crippen LogP contribution in [0.4, 0.5) is 0 Å². The molecule has 0 atom stereocenters. The van der Waals surface area contributed by atoms with E-state index in [4.69, 9.17) is 0 Å². The highest BCUT2D eigenvalue weighted by Crippen LogP contribution is 2.12. The summed E-state index contributed by atoms with van der Waals surface area (Å²) in [6, 6.07) is 8.07. The van der Waals surface area contributed by atoms with Crippen molar-refractivity contribution < 1.29 is 4.79 Å². The first-order valence-electron chi connectivity index (χ1n) is 5.74. The Morgan fingerprint density at radius 1 is 1.25 bits per heavy atom. The number of hydrogen-bond acceptors (Lipinski definition) is 2. The standard InChI is InChI=1S/C14H20OS/c1-11(2)10-12-4-6-13(7-5-12)14(15)8-9-16-3/h4-7,11H,8-10H2,1-3H3. The van der Waals surface area contributed by atoms with Crippen molar-refractivity contribution in [1.82, 2.24) is 0 Å². The molecule has 88 valence electrons. The molecule has 2 heteroatoms. The summed E-state index contributed by atoms with van der Waals surface area (Å²) in [5.41, 5.74) is 2.16. The third-order valence-corrected chi connectivity index (χ3v) is 3.07. The molecule has 0 spiro atoms. The van der Waals surface area contributed by atoms with Crippen LogP contribution in [0, 0.1) is 5.92 Å². The molecule has 16 heavy (non-hydrogen) atoms. The second-order valence-corrected chi connectivity index (χ2v) is 5.45. The van der Waals surface area contributed by atoms with Gasteiger partial charge in [0.25, 0.3) is 0 Å². The van der Waals surface area contributed by atoms with Gasteiger partial charge in [-0.3, -0.25) is 4.79 Å². The van der Waals surface area contributed by atoms with E-state index in [0.29, 0.717) is 12.3 Å². The first kappa shape index (κ1) is 13.3. The monoisotopic (exact) mass is 236 g/mol. The quantitative estimate of drug-likeness (QED) is 0.698. The zero-order valence-electron chi connectivity index (χ0n) is 10.3. The molecule has 0 amide bonds. The molecule has 1 aromatic rings. The minimum absolute atomic E-state index is 0.255. The number of Topliss-reactive ketones (excluding diaryl/α,β-unsaturated/α-hetero) is 1. The van der Waals surface area contributed by atoms with E-state index in [1.54, 1.807) is 11.8 Å². The first-order valence-corrected chi connectivity index (χ1v) is 7.14. The number of rotatable bonds is 6. The molecule has 0 aliphatic rings. The Hall–Kier alpha value is -0.760. The van der Waals surface area contributed by atoms with Crippen LogP contribution < -0.4 is 0 Å². The van der Waals surface area contributed by atoms with Gasteiger partial charge in [0.05, 0.1) is 0 Å². The maximum atomic E-state index is 11.7. The molecule has 0 fully saturated rings. The molecule has 1 nitrogen and oxygen atoms in total. The van der Waals surface area contributed by atoms with Gasteiger partial charge in [-0.15, -0.1) is 0 Å². The highest BCUT2D eigenvalue weighted by atomic mass is 32.2. The third-order valence-electron chi connectivity index (χ3n) is 2.45. The molecule has 0 aliphatic heterocycles. The number of ketones is 1. The van der Waals surface area contributed by atoms with E-state index < -0.39 is 0 Å². The summed E-state index contributed by atoms with van der Waals surface area (Å²) in [4.78, 5) is 11.7. The van der Waals surface area contributed by atoms with Crippen molar-refractivity contribution in [2.75, 3.05) is 12.0 Å². The van der Waals surface area contributed by atoms with Crippen molar-refractivity contribution in [3.63, 3.8) is 0 Å². The number of thioether (sulfide) groups is 1. The predicted molar refractivity (Wildman–Crippen MR) is 72.3 cm³/mol. The summed E-state index contributed by atoms with van der Waals surface area (Å²) >= 11 is 1.72. The van der Waals surface area contributed by atoms with Crippen LogP contribution in [0.15, 0.2) is 24.3 Å². The van der Waals surface area contributed by atoms with E-state index in [1.165, 1.54) is 5.56 Å². The van der Waals surface area contributed by atoms with Crippen LogP contribution >= 0.6 is 11.8 Å². The molecule has 0 radical (unpaired) electrons. The average molecular weight is 236 g/mol. The number of carbonyl (C=O) groups is 1. The lowest BCUT2D eigenvalue weighted by Crippen LogP contribution is -2.01. The minimum Gasteiger partial charge on any atom is -0.294 e. The summed E-state index contributed by atoms with van der Waals surface area (Å²) < 4.78 is 0. The van der Waals surface area contributed by atoms with Crippen LogP contribution in [-0.4, -0.2) is 17.8 Å². The van der Waals surface area contributed by atoms with Gasteiger partial charge in [0.2, 0.25) is 0 Å². The van der Waals surface area contributed by atoms with Crippen molar-refractivity contribution >= 4 is 17.5 Å². The third kappa shape index (κ3) is 4.40. The van der Waals surface area contributed by atoms with Gasteiger partial charge in [-0.05, 0) is 24.2 Å². The van der Waals surface area contributed by atoms with Gasteiger partial charge in [0, 0.05) is 17.7 Å². The molecule has 0 aromatic heterocycles. The second-order valence-electron chi connectivity index (χ2n) is 4.46. The normalized spacial score (nSPS) is 10.8. The van der Waals surface area contributed by atoms with Gasteiger partial charge in [-0.1, -0.05) is 38.1 Å². The van der Waals surface area contributed by atoms with Gasteiger partial charge in [-0.2, -0.15) is 11.8 Å². The SMILES string of the molecule is CSCCC(=O)c1ccc(CC(C)C)cc1. The van der Waals surface area contributed by atoms with Crippen LogP contribution in [0.3, 0.4) is 0 Å². The summed E-state index contributed by atoms with van der Waals surface area (Å²) in [5.74, 6) is 1.83. The maximum absolute atomic E-state index is 11.7. The number of hydrogen-bond donors (Lipinski definition) is 0. The van der Waals surface area contributed by atoms with Crippen molar-refractivity contribution in [2.45, 2.75) is 26.7 Å². The van der Waals surface area contributed by atoms with Crippen molar-refractivity contribution in [2.24, 2.45) is 5.92 Å².